The van der Waals surface area contributed by atoms with Crippen molar-refractivity contribution in [1.82, 2.24) is 10.6 Å². The van der Waals surface area contributed by atoms with Gasteiger partial charge in [0, 0.05) is 36.7 Å². The van der Waals surface area contributed by atoms with E-state index < -0.39 is 28.8 Å². The zero-order chi connectivity index (χ0) is 20.5. The zero-order valence-electron chi connectivity index (χ0n) is 15.6. The minimum absolute atomic E-state index is 0.0293. The van der Waals surface area contributed by atoms with Crippen molar-refractivity contribution in [3.05, 3.63) is 39.9 Å². The Bertz CT molecular complexity index is 719. The highest BCUT2D eigenvalue weighted by atomic mass is 16.6. The number of hydrogen-bond acceptors (Lipinski definition) is 5. The van der Waals surface area contributed by atoms with Crippen LogP contribution >= 0.6 is 0 Å². The fourth-order valence-corrected chi connectivity index (χ4v) is 3.36. The van der Waals surface area contributed by atoms with Gasteiger partial charge in [-0.15, -0.1) is 0 Å². The predicted molar refractivity (Wildman–Crippen MR) is 101 cm³/mol. The summed E-state index contributed by atoms with van der Waals surface area (Å²) >= 11 is 0. The molecule has 9 nitrogen and oxygen atoms in total. The van der Waals surface area contributed by atoms with Crippen molar-refractivity contribution >= 4 is 23.5 Å². The van der Waals surface area contributed by atoms with E-state index in [0.717, 1.165) is 25.7 Å². The summed E-state index contributed by atoms with van der Waals surface area (Å²) in [5.74, 6) is -2.21. The molecule has 1 fully saturated rings. The van der Waals surface area contributed by atoms with Crippen molar-refractivity contribution in [2.24, 2.45) is 5.92 Å². The standard InChI is InChI=1S/C19H25N3O6/c23-17(21-16-6-4-2-1-3-5-15(16)19(25)26)11-12-20-18(24)13-7-9-14(10-8-13)22(27)28/h7-10,15-16H,1-6,11-12H2,(H,20,24)(H,21,23)(H,25,26). The second-order valence-electron chi connectivity index (χ2n) is 6.92. The molecule has 0 aliphatic heterocycles. The minimum Gasteiger partial charge on any atom is -0.481 e. The fourth-order valence-electron chi connectivity index (χ4n) is 3.36. The SMILES string of the molecule is O=C(CCNC(=O)c1ccc([N+](=O)[O-])cc1)NC1CCCCCCC1C(=O)O. The van der Waals surface area contributed by atoms with E-state index in [-0.39, 0.29) is 30.1 Å². The Balaban J connectivity index is 1.81. The van der Waals surface area contributed by atoms with Crippen molar-refractivity contribution in [2.45, 2.75) is 51.0 Å². The van der Waals surface area contributed by atoms with Crippen LogP contribution in [0.15, 0.2) is 24.3 Å². The topological polar surface area (TPSA) is 139 Å². The van der Waals surface area contributed by atoms with E-state index in [1.54, 1.807) is 0 Å². The number of amides is 2. The van der Waals surface area contributed by atoms with Gasteiger partial charge in [0.15, 0.2) is 0 Å². The van der Waals surface area contributed by atoms with E-state index >= 15 is 0 Å². The number of carbonyl (C=O) groups is 3. The molecule has 3 N–H and O–H groups in total. The quantitative estimate of drug-likeness (QED) is 0.481. The zero-order valence-corrected chi connectivity index (χ0v) is 15.6. The van der Waals surface area contributed by atoms with Gasteiger partial charge in [-0.25, -0.2) is 0 Å². The molecule has 2 rings (SSSR count). The van der Waals surface area contributed by atoms with Gasteiger partial charge in [0.05, 0.1) is 10.8 Å². The third kappa shape index (κ3) is 6.33. The Hall–Kier alpha value is -2.97. The van der Waals surface area contributed by atoms with Gasteiger partial charge in [-0.2, -0.15) is 0 Å². The number of nitro groups is 1. The van der Waals surface area contributed by atoms with E-state index in [4.69, 9.17) is 0 Å². The van der Waals surface area contributed by atoms with Crippen LogP contribution in [0.25, 0.3) is 0 Å². The average Bonchev–Trinajstić information content (AvgIpc) is 2.63. The number of carboxylic acids is 1. The molecule has 2 amide bonds. The Labute approximate surface area is 162 Å². The van der Waals surface area contributed by atoms with Crippen LogP contribution in [0.1, 0.15) is 55.3 Å². The minimum atomic E-state index is -0.890. The summed E-state index contributed by atoms with van der Waals surface area (Å²) in [6.45, 7) is 0.0894. The third-order valence-corrected chi connectivity index (χ3v) is 4.91. The fraction of sp³-hybridized carbons (Fsp3) is 0.526. The second-order valence-corrected chi connectivity index (χ2v) is 6.92. The second kappa shape index (κ2) is 10.4. The van der Waals surface area contributed by atoms with Gasteiger partial charge in [-0.05, 0) is 25.0 Å². The molecule has 0 radical (unpaired) electrons. The summed E-state index contributed by atoms with van der Waals surface area (Å²) in [5, 5.41) is 25.4. The summed E-state index contributed by atoms with van der Waals surface area (Å²) in [5.41, 5.74) is 0.153. The normalized spacial score (nSPS) is 19.7. The number of aliphatic carboxylic acids is 1. The first-order valence-corrected chi connectivity index (χ1v) is 9.43. The first kappa shape index (κ1) is 21.3. The van der Waals surface area contributed by atoms with Crippen LogP contribution in [0.2, 0.25) is 0 Å². The molecule has 0 aromatic heterocycles. The predicted octanol–water partition coefficient (Wildman–Crippen LogP) is 2.25. The van der Waals surface area contributed by atoms with Crippen LogP contribution in [0.3, 0.4) is 0 Å². The molecule has 28 heavy (non-hydrogen) atoms. The van der Waals surface area contributed by atoms with Crippen LogP contribution in [0.4, 0.5) is 5.69 Å². The number of nitro benzene ring substituents is 1. The van der Waals surface area contributed by atoms with Crippen molar-refractivity contribution < 1.29 is 24.4 Å². The van der Waals surface area contributed by atoms with E-state index in [2.05, 4.69) is 10.6 Å². The molecule has 152 valence electrons. The molecule has 9 heteroatoms. The molecule has 1 aromatic carbocycles. The highest BCUT2D eigenvalue weighted by Gasteiger charge is 2.29. The molecule has 0 spiro atoms. The van der Waals surface area contributed by atoms with Gasteiger partial charge < -0.3 is 15.7 Å². The van der Waals surface area contributed by atoms with Crippen LogP contribution in [0.5, 0.6) is 0 Å². The highest BCUT2D eigenvalue weighted by Crippen LogP contribution is 2.23. The number of nitrogens with zero attached hydrogens (tertiary/aromatic N) is 1. The summed E-state index contributed by atoms with van der Waals surface area (Å²) < 4.78 is 0. The molecule has 1 aliphatic carbocycles. The molecule has 1 aliphatic rings. The van der Waals surface area contributed by atoms with Crippen LogP contribution in [-0.2, 0) is 9.59 Å². The van der Waals surface area contributed by atoms with Crippen LogP contribution in [-0.4, -0.2) is 40.4 Å². The lowest BCUT2D eigenvalue weighted by Crippen LogP contribution is -2.44. The maximum atomic E-state index is 12.2. The van der Waals surface area contributed by atoms with Crippen molar-refractivity contribution in [3.8, 4) is 0 Å². The maximum absolute atomic E-state index is 12.2. The lowest BCUT2D eigenvalue weighted by molar-refractivity contribution is -0.384. The van der Waals surface area contributed by atoms with Crippen LogP contribution < -0.4 is 10.6 Å². The molecule has 0 saturated heterocycles. The summed E-state index contributed by atoms with van der Waals surface area (Å²) in [6.07, 6.45) is 4.99. The lowest BCUT2D eigenvalue weighted by atomic mass is 9.86. The third-order valence-electron chi connectivity index (χ3n) is 4.91. The van der Waals surface area contributed by atoms with Crippen molar-refractivity contribution in [2.75, 3.05) is 6.54 Å². The van der Waals surface area contributed by atoms with E-state index in [1.165, 1.54) is 24.3 Å². The van der Waals surface area contributed by atoms with Gasteiger partial charge in [-0.1, -0.05) is 25.7 Å². The molecular weight excluding hydrogens is 366 g/mol. The molecule has 1 aromatic rings. The van der Waals surface area contributed by atoms with Gasteiger partial charge in [-0.3, -0.25) is 24.5 Å². The Morgan fingerprint density at radius 2 is 1.71 bits per heavy atom. The smallest absolute Gasteiger partial charge is 0.308 e. The number of carbonyl (C=O) groups excluding carboxylic acids is 2. The molecule has 0 heterocycles. The molecule has 2 unspecified atom stereocenters. The number of nitrogens with one attached hydrogen (secondary N) is 2. The van der Waals surface area contributed by atoms with Gasteiger partial charge in [0.2, 0.25) is 5.91 Å². The van der Waals surface area contributed by atoms with E-state index in [1.807, 2.05) is 0 Å². The molecular formula is C19H25N3O6. The number of carboxylic acid groups (broad SMARTS) is 1. The Morgan fingerprint density at radius 1 is 1.07 bits per heavy atom. The molecule has 1 saturated carbocycles. The average molecular weight is 391 g/mol. The van der Waals surface area contributed by atoms with Crippen molar-refractivity contribution in [3.63, 3.8) is 0 Å². The number of non-ortho nitro benzene ring substituents is 1. The summed E-state index contributed by atoms with van der Waals surface area (Å²) in [7, 11) is 0. The lowest BCUT2D eigenvalue weighted by Gasteiger charge is -2.27. The van der Waals surface area contributed by atoms with E-state index in [9.17, 15) is 29.6 Å². The maximum Gasteiger partial charge on any atom is 0.308 e. The summed E-state index contributed by atoms with van der Waals surface area (Å²) in [6, 6.07) is 4.78. The van der Waals surface area contributed by atoms with Gasteiger partial charge >= 0.3 is 5.97 Å². The largest absolute Gasteiger partial charge is 0.481 e. The summed E-state index contributed by atoms with van der Waals surface area (Å²) in [4.78, 5) is 45.8. The van der Waals surface area contributed by atoms with Crippen molar-refractivity contribution in [1.29, 1.82) is 0 Å². The first-order valence-electron chi connectivity index (χ1n) is 9.43. The van der Waals surface area contributed by atoms with E-state index in [0.29, 0.717) is 12.8 Å². The first-order chi connectivity index (χ1) is 13.4. The van der Waals surface area contributed by atoms with Crippen LogP contribution in [0, 0.1) is 16.0 Å². The molecule has 2 atom stereocenters. The Morgan fingerprint density at radius 3 is 2.32 bits per heavy atom. The Kier molecular flexibility index (Phi) is 7.91. The molecule has 0 bridgehead atoms. The number of rotatable bonds is 7. The highest BCUT2D eigenvalue weighted by molar-refractivity contribution is 5.94. The number of benzene rings is 1. The monoisotopic (exact) mass is 391 g/mol. The van der Waals surface area contributed by atoms with Gasteiger partial charge in [0.1, 0.15) is 0 Å². The number of hydrogen-bond donors (Lipinski definition) is 3. The van der Waals surface area contributed by atoms with Gasteiger partial charge in [0.25, 0.3) is 11.6 Å².